The maximum atomic E-state index is 13.1. The molecule has 158 valence electrons. The summed E-state index contributed by atoms with van der Waals surface area (Å²) in [5, 5.41) is 0.344. The molecule has 1 amide bonds. The summed E-state index contributed by atoms with van der Waals surface area (Å²) in [5.41, 5.74) is 1.21. The molecule has 4 rings (SSSR count). The van der Waals surface area contributed by atoms with Crippen molar-refractivity contribution in [2.45, 2.75) is 70.3 Å². The van der Waals surface area contributed by atoms with E-state index in [1.54, 1.807) is 0 Å². The van der Waals surface area contributed by atoms with E-state index in [-0.39, 0.29) is 11.6 Å². The normalized spacial score (nSPS) is 33.1. The Labute approximate surface area is 176 Å². The lowest BCUT2D eigenvalue weighted by atomic mass is 9.52. The molecular formula is C24H36BNO3. The molecule has 1 saturated carbocycles. The van der Waals surface area contributed by atoms with Crippen molar-refractivity contribution in [1.82, 2.24) is 4.90 Å². The van der Waals surface area contributed by atoms with Gasteiger partial charge in [0.1, 0.15) is 14.5 Å². The fourth-order valence-electron chi connectivity index (χ4n) is 6.57. The largest absolute Gasteiger partial charge is 0.445 e. The van der Waals surface area contributed by atoms with Gasteiger partial charge in [-0.3, -0.25) is 4.90 Å². The van der Waals surface area contributed by atoms with E-state index in [4.69, 9.17) is 9.47 Å². The highest BCUT2D eigenvalue weighted by molar-refractivity contribution is 6.14. The number of carbonyl (C=O) groups is 1. The van der Waals surface area contributed by atoms with Gasteiger partial charge in [0.05, 0.1) is 18.8 Å². The van der Waals surface area contributed by atoms with E-state index < -0.39 is 0 Å². The molecule has 3 atom stereocenters. The molecule has 1 aliphatic carbocycles. The fourth-order valence-corrected chi connectivity index (χ4v) is 6.57. The molecule has 0 bridgehead atoms. The number of amides is 1. The van der Waals surface area contributed by atoms with Crippen LogP contribution in [0.3, 0.4) is 0 Å². The Balaban J connectivity index is 1.52. The Morgan fingerprint density at radius 3 is 2.59 bits per heavy atom. The first-order valence-electron chi connectivity index (χ1n) is 11.3. The highest BCUT2D eigenvalue weighted by Crippen LogP contribution is 2.55. The molecule has 5 heteroatoms. The first-order valence-corrected chi connectivity index (χ1v) is 11.3. The Bertz CT molecular complexity index is 729. The van der Waals surface area contributed by atoms with Crippen molar-refractivity contribution in [3.05, 3.63) is 35.9 Å². The average Bonchev–Trinajstić information content (AvgIpc) is 2.62. The van der Waals surface area contributed by atoms with Crippen LogP contribution in [-0.4, -0.2) is 44.1 Å². The molecule has 4 nitrogen and oxygen atoms in total. The van der Waals surface area contributed by atoms with Crippen LogP contribution < -0.4 is 0 Å². The third-order valence-electron chi connectivity index (χ3n) is 7.55. The van der Waals surface area contributed by atoms with E-state index in [0.29, 0.717) is 42.4 Å². The quantitative estimate of drug-likeness (QED) is 0.693. The summed E-state index contributed by atoms with van der Waals surface area (Å²) in [7, 11) is 2.41. The predicted octanol–water partition coefficient (Wildman–Crippen LogP) is 4.44. The van der Waals surface area contributed by atoms with Gasteiger partial charge < -0.3 is 9.47 Å². The second-order valence-corrected chi connectivity index (χ2v) is 11.2. The summed E-state index contributed by atoms with van der Waals surface area (Å²) in [5.74, 6) is 1.18. The molecule has 2 heterocycles. The van der Waals surface area contributed by atoms with Crippen molar-refractivity contribution < 1.29 is 14.3 Å². The maximum Gasteiger partial charge on any atom is 0.410 e. The van der Waals surface area contributed by atoms with Crippen molar-refractivity contribution >= 4 is 13.9 Å². The van der Waals surface area contributed by atoms with Gasteiger partial charge in [-0.15, -0.1) is 0 Å². The Morgan fingerprint density at radius 2 is 1.93 bits per heavy atom. The van der Waals surface area contributed by atoms with Gasteiger partial charge in [0.25, 0.3) is 0 Å². The van der Waals surface area contributed by atoms with E-state index in [1.807, 2.05) is 35.2 Å². The van der Waals surface area contributed by atoms with Gasteiger partial charge in [-0.05, 0) is 48.5 Å². The van der Waals surface area contributed by atoms with E-state index in [0.717, 1.165) is 18.5 Å². The highest BCUT2D eigenvalue weighted by Gasteiger charge is 2.58. The number of likely N-dealkylation sites (tertiary alicyclic amines) is 1. The minimum Gasteiger partial charge on any atom is -0.445 e. The zero-order valence-electron chi connectivity index (χ0n) is 18.6. The van der Waals surface area contributed by atoms with Crippen LogP contribution in [0.15, 0.2) is 30.3 Å². The molecule has 1 aromatic carbocycles. The highest BCUT2D eigenvalue weighted by atomic mass is 16.6. The van der Waals surface area contributed by atoms with Crippen LogP contribution in [-0.2, 0) is 16.1 Å². The van der Waals surface area contributed by atoms with Gasteiger partial charge in [-0.25, -0.2) is 4.79 Å². The third kappa shape index (κ3) is 4.21. The van der Waals surface area contributed by atoms with Crippen LogP contribution >= 0.6 is 0 Å². The topological polar surface area (TPSA) is 38.8 Å². The Hall–Kier alpha value is -1.49. The van der Waals surface area contributed by atoms with Crippen molar-refractivity contribution in [2.24, 2.45) is 17.3 Å². The molecule has 29 heavy (non-hydrogen) atoms. The molecular weight excluding hydrogens is 361 g/mol. The molecule has 2 aliphatic heterocycles. The molecule has 3 fully saturated rings. The van der Waals surface area contributed by atoms with E-state index >= 15 is 0 Å². The number of carbonyl (C=O) groups excluding carboxylic acids is 1. The summed E-state index contributed by atoms with van der Waals surface area (Å²) >= 11 is 0. The van der Waals surface area contributed by atoms with E-state index in [2.05, 4.69) is 28.6 Å². The van der Waals surface area contributed by atoms with Gasteiger partial charge >= 0.3 is 6.09 Å². The smallest absolute Gasteiger partial charge is 0.410 e. The third-order valence-corrected chi connectivity index (χ3v) is 7.55. The van der Waals surface area contributed by atoms with Crippen LogP contribution in [0.1, 0.15) is 58.4 Å². The van der Waals surface area contributed by atoms with E-state index in [1.165, 1.54) is 25.7 Å². The van der Waals surface area contributed by atoms with Crippen molar-refractivity contribution in [2.75, 3.05) is 19.8 Å². The van der Waals surface area contributed by atoms with Gasteiger partial charge in [0.2, 0.25) is 0 Å². The van der Waals surface area contributed by atoms with Crippen LogP contribution in [0.25, 0.3) is 0 Å². The Kier molecular flexibility index (Phi) is 5.48. The zero-order chi connectivity index (χ0) is 20.7. The molecule has 3 unspecified atom stereocenters. The molecule has 3 aliphatic rings. The van der Waals surface area contributed by atoms with E-state index in [9.17, 15) is 4.79 Å². The summed E-state index contributed by atoms with van der Waals surface area (Å²) < 4.78 is 11.5. The minimum absolute atomic E-state index is 0.166. The lowest BCUT2D eigenvalue weighted by molar-refractivity contribution is -0.193. The average molecular weight is 397 g/mol. The van der Waals surface area contributed by atoms with Gasteiger partial charge in [0.15, 0.2) is 0 Å². The number of rotatable bonds is 2. The zero-order valence-corrected chi connectivity index (χ0v) is 18.6. The fraction of sp³-hybridized carbons (Fsp3) is 0.708. The number of nitrogens with zero attached hydrogens (tertiary/aromatic N) is 1. The number of fused-ring (bicyclic) bond motifs is 2. The van der Waals surface area contributed by atoms with Crippen LogP contribution in [0.5, 0.6) is 0 Å². The summed E-state index contributed by atoms with van der Waals surface area (Å²) in [6.07, 6.45) is 5.82. The number of hydrogen-bond acceptors (Lipinski definition) is 3. The molecule has 0 radical (unpaired) electrons. The monoisotopic (exact) mass is 397 g/mol. The van der Waals surface area contributed by atoms with Crippen molar-refractivity contribution in [3.8, 4) is 0 Å². The summed E-state index contributed by atoms with van der Waals surface area (Å²) in [6, 6.07) is 9.94. The van der Waals surface area contributed by atoms with Gasteiger partial charge in [-0.2, -0.15) is 0 Å². The number of ether oxygens (including phenoxy) is 2. The van der Waals surface area contributed by atoms with Gasteiger partial charge in [0, 0.05) is 6.54 Å². The lowest BCUT2D eigenvalue weighted by Crippen LogP contribution is -2.72. The SMILES string of the molecule is BC1(C)CCC2C(CCN(C(=O)OCc3ccccc3)C23COC3)CC(C)(C)C1. The molecule has 2 saturated heterocycles. The lowest BCUT2D eigenvalue weighted by Gasteiger charge is -2.60. The second kappa shape index (κ2) is 7.65. The maximum absolute atomic E-state index is 13.1. The van der Waals surface area contributed by atoms with Crippen LogP contribution in [0.4, 0.5) is 4.79 Å². The minimum atomic E-state index is -0.170. The first-order chi connectivity index (χ1) is 13.7. The van der Waals surface area contributed by atoms with Crippen LogP contribution in [0, 0.1) is 17.3 Å². The van der Waals surface area contributed by atoms with Crippen LogP contribution in [0.2, 0.25) is 5.31 Å². The second-order valence-electron chi connectivity index (χ2n) is 11.2. The standard InChI is InChI=1S/C24H36BNO3/c1-22(2)13-19-10-12-26(21(27)29-14-18-7-5-4-6-8-18)24(16-28-17-24)20(19)9-11-23(3,25)15-22/h4-8,19-20H,9-17,25H2,1-3H3. The van der Waals surface area contributed by atoms with Crippen molar-refractivity contribution in [3.63, 3.8) is 0 Å². The number of benzene rings is 1. The number of piperidine rings is 1. The summed E-state index contributed by atoms with van der Waals surface area (Å²) in [6.45, 7) is 9.72. The molecule has 0 aromatic heterocycles. The molecule has 1 aromatic rings. The molecule has 0 N–H and O–H groups in total. The number of hydrogen-bond donors (Lipinski definition) is 0. The predicted molar refractivity (Wildman–Crippen MR) is 118 cm³/mol. The summed E-state index contributed by atoms with van der Waals surface area (Å²) in [4.78, 5) is 15.1. The van der Waals surface area contributed by atoms with Gasteiger partial charge in [-0.1, -0.05) is 62.8 Å². The first kappa shape index (κ1) is 20.8. The molecule has 1 spiro atoms. The van der Waals surface area contributed by atoms with Crippen molar-refractivity contribution in [1.29, 1.82) is 0 Å². The Morgan fingerprint density at radius 1 is 1.21 bits per heavy atom.